The Kier molecular flexibility index (Phi) is 7.65. The van der Waals surface area contributed by atoms with E-state index in [0.29, 0.717) is 0 Å². The first kappa shape index (κ1) is 9.26. The molecule has 0 heterocycles. The second kappa shape index (κ2) is 8.26. The van der Waals surface area contributed by atoms with Gasteiger partial charge in [-0.25, -0.2) is 0 Å². The Morgan fingerprint density at radius 1 is 1.50 bits per heavy atom. The van der Waals surface area contributed by atoms with E-state index >= 15 is 0 Å². The second-order valence-corrected chi connectivity index (χ2v) is 2.06. The van der Waals surface area contributed by atoms with Crippen LogP contribution in [0.4, 0.5) is 0 Å². The van der Waals surface area contributed by atoms with Crippen molar-refractivity contribution in [1.29, 1.82) is 0 Å². The smallest absolute Gasteiger partial charge is 0.0211 e. The van der Waals surface area contributed by atoms with Crippen molar-refractivity contribution < 1.29 is 0 Å². The Bertz CT molecular complexity index is 119. The molecule has 0 aliphatic heterocycles. The van der Waals surface area contributed by atoms with Crippen LogP contribution in [-0.2, 0) is 0 Å². The summed E-state index contributed by atoms with van der Waals surface area (Å²) in [7, 11) is 0. The van der Waals surface area contributed by atoms with Crippen molar-refractivity contribution in [3.05, 3.63) is 12.2 Å². The highest BCUT2D eigenvalue weighted by Crippen LogP contribution is 1.79. The van der Waals surface area contributed by atoms with Crippen LogP contribution in [-0.4, -0.2) is 13.1 Å². The lowest BCUT2D eigenvalue weighted by molar-refractivity contribution is 0.702. The van der Waals surface area contributed by atoms with E-state index in [9.17, 15) is 0 Å². The summed E-state index contributed by atoms with van der Waals surface area (Å²) >= 11 is 0. The molecule has 1 heteroatoms. The van der Waals surface area contributed by atoms with Crippen molar-refractivity contribution in [2.45, 2.75) is 19.8 Å². The molecule has 0 amide bonds. The van der Waals surface area contributed by atoms with Crippen molar-refractivity contribution in [2.75, 3.05) is 13.1 Å². The molecule has 0 radical (unpaired) electrons. The van der Waals surface area contributed by atoms with E-state index < -0.39 is 0 Å². The normalized spacial score (nSPS) is 10.0. The summed E-state index contributed by atoms with van der Waals surface area (Å²) in [6.07, 6.45) is 11.2. The Labute approximate surface area is 63.5 Å². The zero-order chi connectivity index (χ0) is 7.66. The van der Waals surface area contributed by atoms with Crippen LogP contribution in [0.2, 0.25) is 0 Å². The Morgan fingerprint density at radius 2 is 2.30 bits per heavy atom. The fourth-order valence-electron chi connectivity index (χ4n) is 0.638. The summed E-state index contributed by atoms with van der Waals surface area (Å²) < 4.78 is 0. The van der Waals surface area contributed by atoms with Crippen LogP contribution < -0.4 is 5.32 Å². The monoisotopic (exact) mass is 137 g/mol. The number of nitrogens with one attached hydrogen (secondary N) is 1. The highest BCUT2D eigenvalue weighted by Gasteiger charge is 1.80. The second-order valence-electron chi connectivity index (χ2n) is 2.06. The largest absolute Gasteiger partial charge is 0.315 e. The summed E-state index contributed by atoms with van der Waals surface area (Å²) in [5.41, 5.74) is 0. The quantitative estimate of drug-likeness (QED) is 0.344. The lowest BCUT2D eigenvalue weighted by Crippen LogP contribution is -2.15. The molecule has 0 unspecified atom stereocenters. The summed E-state index contributed by atoms with van der Waals surface area (Å²) in [6, 6.07) is 0. The maximum absolute atomic E-state index is 5.07. The molecule has 0 saturated heterocycles. The predicted molar refractivity (Wildman–Crippen MR) is 45.8 cm³/mol. The van der Waals surface area contributed by atoms with Crippen molar-refractivity contribution >= 4 is 0 Å². The molecule has 0 bridgehead atoms. The van der Waals surface area contributed by atoms with Gasteiger partial charge in [0.2, 0.25) is 0 Å². The molecule has 0 aromatic heterocycles. The molecule has 0 aliphatic carbocycles. The van der Waals surface area contributed by atoms with Crippen LogP contribution in [0.15, 0.2) is 12.2 Å². The van der Waals surface area contributed by atoms with Gasteiger partial charge < -0.3 is 5.32 Å². The van der Waals surface area contributed by atoms with Gasteiger partial charge in [0, 0.05) is 13.0 Å². The van der Waals surface area contributed by atoms with E-state index in [4.69, 9.17) is 6.42 Å². The molecule has 56 valence electrons. The molecular formula is C9H15N. The number of hydrogen-bond donors (Lipinski definition) is 1. The molecule has 10 heavy (non-hydrogen) atoms. The van der Waals surface area contributed by atoms with Crippen LogP contribution in [0, 0.1) is 12.3 Å². The molecule has 0 rings (SSSR count). The lowest BCUT2D eigenvalue weighted by Gasteiger charge is -1.96. The van der Waals surface area contributed by atoms with Gasteiger partial charge in [0.1, 0.15) is 0 Å². The molecule has 1 N–H and O–H groups in total. The fourth-order valence-corrected chi connectivity index (χ4v) is 0.638. The van der Waals surface area contributed by atoms with Gasteiger partial charge in [-0.1, -0.05) is 12.2 Å². The van der Waals surface area contributed by atoms with Gasteiger partial charge in [-0.15, -0.1) is 12.3 Å². The molecule has 0 atom stereocenters. The average Bonchev–Trinajstić information content (AvgIpc) is 1.97. The van der Waals surface area contributed by atoms with Crippen LogP contribution in [0.3, 0.4) is 0 Å². The average molecular weight is 137 g/mol. The molecule has 0 aliphatic rings. The van der Waals surface area contributed by atoms with Gasteiger partial charge in [0.05, 0.1) is 0 Å². The minimum Gasteiger partial charge on any atom is -0.315 e. The minimum atomic E-state index is 0.829. The molecule has 0 aromatic carbocycles. The molecule has 0 spiro atoms. The van der Waals surface area contributed by atoms with Crippen LogP contribution in [0.5, 0.6) is 0 Å². The Hall–Kier alpha value is -0.740. The third-order valence-corrected chi connectivity index (χ3v) is 1.17. The van der Waals surface area contributed by atoms with Crippen molar-refractivity contribution in [3.8, 4) is 12.3 Å². The summed E-state index contributed by atoms with van der Waals surface area (Å²) in [4.78, 5) is 0. The predicted octanol–water partition coefficient (Wildman–Crippen LogP) is 1.57. The third-order valence-electron chi connectivity index (χ3n) is 1.17. The summed E-state index contributed by atoms with van der Waals surface area (Å²) in [5, 5.41) is 3.23. The summed E-state index contributed by atoms with van der Waals surface area (Å²) in [6.45, 7) is 4.00. The van der Waals surface area contributed by atoms with Gasteiger partial charge in [0.15, 0.2) is 0 Å². The zero-order valence-corrected chi connectivity index (χ0v) is 6.56. The van der Waals surface area contributed by atoms with E-state index in [1.54, 1.807) is 0 Å². The molecular weight excluding hydrogens is 122 g/mol. The SMILES string of the molecule is C#CCCNCC/C=C/C. The van der Waals surface area contributed by atoms with E-state index in [1.165, 1.54) is 0 Å². The van der Waals surface area contributed by atoms with Gasteiger partial charge >= 0.3 is 0 Å². The van der Waals surface area contributed by atoms with Crippen molar-refractivity contribution in [2.24, 2.45) is 0 Å². The number of rotatable bonds is 5. The van der Waals surface area contributed by atoms with Gasteiger partial charge in [0.25, 0.3) is 0 Å². The minimum absolute atomic E-state index is 0.829. The zero-order valence-electron chi connectivity index (χ0n) is 6.56. The van der Waals surface area contributed by atoms with E-state index in [-0.39, 0.29) is 0 Å². The number of terminal acetylenes is 1. The molecule has 0 fully saturated rings. The maximum atomic E-state index is 5.07. The fraction of sp³-hybridized carbons (Fsp3) is 0.556. The Morgan fingerprint density at radius 3 is 2.90 bits per heavy atom. The first-order valence-corrected chi connectivity index (χ1v) is 3.67. The van der Waals surface area contributed by atoms with E-state index in [1.807, 2.05) is 6.92 Å². The molecule has 0 saturated carbocycles. The first-order valence-electron chi connectivity index (χ1n) is 3.67. The lowest BCUT2D eigenvalue weighted by atomic mass is 10.3. The van der Waals surface area contributed by atoms with Gasteiger partial charge in [-0.2, -0.15) is 0 Å². The highest BCUT2D eigenvalue weighted by atomic mass is 14.8. The Balaban J connectivity index is 2.85. The van der Waals surface area contributed by atoms with Gasteiger partial charge in [-0.3, -0.25) is 0 Å². The molecule has 0 aromatic rings. The number of allylic oxidation sites excluding steroid dienone is 1. The van der Waals surface area contributed by atoms with E-state index in [2.05, 4.69) is 23.4 Å². The highest BCUT2D eigenvalue weighted by molar-refractivity contribution is 4.84. The van der Waals surface area contributed by atoms with Crippen LogP contribution in [0.1, 0.15) is 19.8 Å². The topological polar surface area (TPSA) is 12.0 Å². The first-order chi connectivity index (χ1) is 4.91. The summed E-state index contributed by atoms with van der Waals surface area (Å²) in [5.74, 6) is 2.58. The third kappa shape index (κ3) is 7.26. The van der Waals surface area contributed by atoms with Crippen LogP contribution >= 0.6 is 0 Å². The molecule has 1 nitrogen and oxygen atoms in total. The van der Waals surface area contributed by atoms with E-state index in [0.717, 1.165) is 25.9 Å². The van der Waals surface area contributed by atoms with Crippen molar-refractivity contribution in [3.63, 3.8) is 0 Å². The van der Waals surface area contributed by atoms with Crippen molar-refractivity contribution in [1.82, 2.24) is 5.32 Å². The standard InChI is InChI=1S/C9H15N/c1-3-5-7-9-10-8-6-4-2/h2-3,5,10H,6-9H2,1H3/b5-3+. The van der Waals surface area contributed by atoms with Gasteiger partial charge in [-0.05, 0) is 19.9 Å². The maximum Gasteiger partial charge on any atom is 0.0211 e. The number of hydrogen-bond acceptors (Lipinski definition) is 1. The van der Waals surface area contributed by atoms with Crippen LogP contribution in [0.25, 0.3) is 0 Å².